The summed E-state index contributed by atoms with van der Waals surface area (Å²) in [5.41, 5.74) is 1.98. The summed E-state index contributed by atoms with van der Waals surface area (Å²) in [5, 5.41) is 9.62. The predicted molar refractivity (Wildman–Crippen MR) is 52.1 cm³/mol. The maximum atomic E-state index is 10.4. The molecule has 0 aromatic carbocycles. The van der Waals surface area contributed by atoms with Crippen LogP contribution in [0.1, 0.15) is 12.0 Å². The van der Waals surface area contributed by atoms with Crippen molar-refractivity contribution in [1.29, 1.82) is 0 Å². The number of aromatic nitrogens is 2. The van der Waals surface area contributed by atoms with E-state index in [4.69, 9.17) is 5.11 Å². The Balaban J connectivity index is 2.29. The van der Waals surface area contributed by atoms with E-state index in [2.05, 4.69) is 9.97 Å². The van der Waals surface area contributed by atoms with Crippen molar-refractivity contribution in [2.45, 2.75) is 12.8 Å². The van der Waals surface area contributed by atoms with Gasteiger partial charge in [-0.05, 0) is 18.1 Å². The number of hydrogen-bond donors (Lipinski definition) is 2. The van der Waals surface area contributed by atoms with Gasteiger partial charge in [0.15, 0.2) is 0 Å². The Morgan fingerprint density at radius 2 is 2.43 bits per heavy atom. The highest BCUT2D eigenvalue weighted by Crippen LogP contribution is 2.17. The molecular weight excluding hydrogens is 180 g/mol. The summed E-state index contributed by atoms with van der Waals surface area (Å²) >= 11 is 0. The van der Waals surface area contributed by atoms with E-state index in [1.807, 2.05) is 12.3 Å². The van der Waals surface area contributed by atoms with Crippen molar-refractivity contribution in [2.24, 2.45) is 0 Å². The van der Waals surface area contributed by atoms with Crippen molar-refractivity contribution in [1.82, 2.24) is 9.97 Å². The topological polar surface area (TPSA) is 66.0 Å². The summed E-state index contributed by atoms with van der Waals surface area (Å²) in [4.78, 5) is 17.4. The van der Waals surface area contributed by atoms with Gasteiger partial charge in [-0.25, -0.2) is 0 Å². The maximum Gasteiger partial charge on any atom is 0.303 e. The van der Waals surface area contributed by atoms with Gasteiger partial charge in [0.05, 0.1) is 11.7 Å². The number of rotatable bonds is 3. The van der Waals surface area contributed by atoms with Crippen molar-refractivity contribution >= 4 is 16.9 Å². The minimum atomic E-state index is -0.770. The number of carboxylic acids is 1. The summed E-state index contributed by atoms with van der Waals surface area (Å²) in [6, 6.07) is 1.89. The van der Waals surface area contributed by atoms with E-state index in [0.717, 1.165) is 16.5 Å². The van der Waals surface area contributed by atoms with Crippen LogP contribution in [0.25, 0.3) is 10.9 Å². The minimum Gasteiger partial charge on any atom is -0.481 e. The van der Waals surface area contributed by atoms with E-state index in [9.17, 15) is 4.79 Å². The fraction of sp³-hybridized carbons (Fsp3) is 0.200. The molecule has 0 spiro atoms. The van der Waals surface area contributed by atoms with Gasteiger partial charge in [-0.3, -0.25) is 9.78 Å². The number of aliphatic carboxylic acids is 1. The average Bonchev–Trinajstić information content (AvgIpc) is 2.58. The molecule has 0 unspecified atom stereocenters. The third-order valence-electron chi connectivity index (χ3n) is 2.18. The second-order valence-corrected chi connectivity index (χ2v) is 3.13. The molecule has 2 heterocycles. The van der Waals surface area contributed by atoms with Crippen molar-refractivity contribution in [3.05, 3.63) is 30.2 Å². The van der Waals surface area contributed by atoms with Crippen molar-refractivity contribution < 1.29 is 9.90 Å². The summed E-state index contributed by atoms with van der Waals surface area (Å²) in [7, 11) is 0. The largest absolute Gasteiger partial charge is 0.481 e. The van der Waals surface area contributed by atoms with Crippen LogP contribution in [-0.4, -0.2) is 21.0 Å². The highest BCUT2D eigenvalue weighted by molar-refractivity contribution is 5.82. The third-order valence-corrected chi connectivity index (χ3v) is 2.18. The first-order chi connectivity index (χ1) is 6.77. The fourth-order valence-electron chi connectivity index (χ4n) is 1.48. The van der Waals surface area contributed by atoms with E-state index in [1.54, 1.807) is 12.4 Å². The molecule has 0 aliphatic heterocycles. The molecule has 4 nitrogen and oxygen atoms in total. The van der Waals surface area contributed by atoms with Gasteiger partial charge in [0.25, 0.3) is 0 Å². The number of nitrogens with one attached hydrogen (secondary N) is 1. The van der Waals surface area contributed by atoms with Crippen molar-refractivity contribution in [3.8, 4) is 0 Å². The number of nitrogens with zero attached hydrogens (tertiary/aromatic N) is 1. The van der Waals surface area contributed by atoms with Crippen molar-refractivity contribution in [3.63, 3.8) is 0 Å². The Kier molecular flexibility index (Phi) is 2.18. The zero-order chi connectivity index (χ0) is 9.97. The van der Waals surface area contributed by atoms with E-state index in [0.29, 0.717) is 6.42 Å². The van der Waals surface area contributed by atoms with E-state index >= 15 is 0 Å². The lowest BCUT2D eigenvalue weighted by molar-refractivity contribution is -0.136. The average molecular weight is 190 g/mol. The Labute approximate surface area is 80.6 Å². The number of H-pyrrole nitrogens is 1. The predicted octanol–water partition coefficient (Wildman–Crippen LogP) is 1.58. The molecule has 0 fully saturated rings. The molecule has 2 rings (SSSR count). The van der Waals surface area contributed by atoms with Crippen LogP contribution >= 0.6 is 0 Å². The molecule has 0 radical (unpaired) electrons. The van der Waals surface area contributed by atoms with Gasteiger partial charge in [0.1, 0.15) is 0 Å². The highest BCUT2D eigenvalue weighted by atomic mass is 16.4. The molecule has 2 aromatic heterocycles. The molecule has 0 saturated heterocycles. The summed E-state index contributed by atoms with van der Waals surface area (Å²) in [5.74, 6) is -0.770. The van der Waals surface area contributed by atoms with Crippen molar-refractivity contribution in [2.75, 3.05) is 0 Å². The first kappa shape index (κ1) is 8.74. The molecule has 0 aliphatic rings. The number of carboxylic acid groups (broad SMARTS) is 1. The molecule has 72 valence electrons. The van der Waals surface area contributed by atoms with Gasteiger partial charge < -0.3 is 10.1 Å². The summed E-state index contributed by atoms with van der Waals surface area (Å²) in [6.07, 6.45) is 6.00. The maximum absolute atomic E-state index is 10.4. The number of fused-ring (bicyclic) bond motifs is 1. The Morgan fingerprint density at radius 3 is 3.21 bits per heavy atom. The lowest BCUT2D eigenvalue weighted by Gasteiger charge is -1.94. The molecule has 0 aliphatic carbocycles. The first-order valence-corrected chi connectivity index (χ1v) is 4.39. The molecule has 14 heavy (non-hydrogen) atoms. The van der Waals surface area contributed by atoms with Crippen LogP contribution in [0.2, 0.25) is 0 Å². The Morgan fingerprint density at radius 1 is 1.57 bits per heavy atom. The Hall–Kier alpha value is -1.84. The molecule has 0 amide bonds. The first-order valence-electron chi connectivity index (χ1n) is 4.39. The zero-order valence-corrected chi connectivity index (χ0v) is 7.53. The highest BCUT2D eigenvalue weighted by Gasteiger charge is 2.04. The van der Waals surface area contributed by atoms with Crippen LogP contribution in [0.4, 0.5) is 0 Å². The molecule has 2 aromatic rings. The summed E-state index contributed by atoms with van der Waals surface area (Å²) < 4.78 is 0. The molecule has 0 bridgehead atoms. The van der Waals surface area contributed by atoms with Crippen LogP contribution in [0, 0.1) is 0 Å². The lowest BCUT2D eigenvalue weighted by atomic mass is 10.1. The molecule has 0 atom stereocenters. The number of pyridine rings is 1. The van der Waals surface area contributed by atoms with E-state index in [1.165, 1.54) is 0 Å². The van der Waals surface area contributed by atoms with E-state index in [-0.39, 0.29) is 6.42 Å². The van der Waals surface area contributed by atoms with Gasteiger partial charge in [-0.1, -0.05) is 0 Å². The second kappa shape index (κ2) is 3.49. The van der Waals surface area contributed by atoms with Gasteiger partial charge in [-0.15, -0.1) is 0 Å². The van der Waals surface area contributed by atoms with Gasteiger partial charge in [-0.2, -0.15) is 0 Å². The van der Waals surface area contributed by atoms with Crippen LogP contribution in [-0.2, 0) is 11.2 Å². The molecular formula is C10H10N2O2. The van der Waals surface area contributed by atoms with Gasteiger partial charge >= 0.3 is 5.97 Å². The molecule has 0 saturated carbocycles. The monoisotopic (exact) mass is 190 g/mol. The standard InChI is InChI=1S/C10H10N2O2/c13-10(14)2-1-7-5-12-9-6-11-4-3-8(7)9/h3-6,12H,1-2H2,(H,13,14). The van der Waals surface area contributed by atoms with Gasteiger partial charge in [0.2, 0.25) is 0 Å². The van der Waals surface area contributed by atoms with Crippen LogP contribution in [0.15, 0.2) is 24.7 Å². The normalized spacial score (nSPS) is 10.6. The van der Waals surface area contributed by atoms with E-state index < -0.39 is 5.97 Å². The molecule has 2 N–H and O–H groups in total. The second-order valence-electron chi connectivity index (χ2n) is 3.13. The SMILES string of the molecule is O=C(O)CCc1c[nH]c2cnccc12. The van der Waals surface area contributed by atoms with Gasteiger partial charge in [0, 0.05) is 24.2 Å². The lowest BCUT2D eigenvalue weighted by Crippen LogP contribution is -1.96. The third kappa shape index (κ3) is 1.59. The molecule has 4 heteroatoms. The quantitative estimate of drug-likeness (QED) is 0.772. The fourth-order valence-corrected chi connectivity index (χ4v) is 1.48. The number of aromatic amines is 1. The number of aryl methyl sites for hydroxylation is 1. The zero-order valence-electron chi connectivity index (χ0n) is 7.53. The van der Waals surface area contributed by atoms with Crippen LogP contribution in [0.5, 0.6) is 0 Å². The van der Waals surface area contributed by atoms with Crippen LogP contribution in [0.3, 0.4) is 0 Å². The number of hydrogen-bond acceptors (Lipinski definition) is 2. The summed E-state index contributed by atoms with van der Waals surface area (Å²) in [6.45, 7) is 0. The minimum absolute atomic E-state index is 0.162. The van der Waals surface area contributed by atoms with Crippen LogP contribution < -0.4 is 0 Å². The smallest absolute Gasteiger partial charge is 0.303 e. The Bertz CT molecular complexity index is 462. The number of carbonyl (C=O) groups is 1.